The van der Waals surface area contributed by atoms with Crippen molar-refractivity contribution in [2.24, 2.45) is 0 Å². The number of aromatic nitrogens is 9. The van der Waals surface area contributed by atoms with Crippen LogP contribution in [0, 0.1) is 0 Å². The molecule has 1 N–H and O–H groups in total. The number of tetrazole rings is 1. The predicted molar refractivity (Wildman–Crippen MR) is 171 cm³/mol. The molecule has 0 spiro atoms. The van der Waals surface area contributed by atoms with Crippen LogP contribution in [0.25, 0.3) is 16.9 Å². The molecule has 1 aromatic carbocycles. The quantitative estimate of drug-likeness (QED) is 0.183. The van der Waals surface area contributed by atoms with E-state index in [2.05, 4.69) is 73.7 Å². The van der Waals surface area contributed by atoms with Crippen molar-refractivity contribution in [3.63, 3.8) is 0 Å². The highest BCUT2D eigenvalue weighted by Gasteiger charge is 2.32. The third-order valence-corrected chi connectivity index (χ3v) is 8.54. The van der Waals surface area contributed by atoms with E-state index in [9.17, 15) is 18.0 Å². The van der Waals surface area contributed by atoms with Crippen LogP contribution in [0.3, 0.4) is 0 Å². The molecule has 0 bridgehead atoms. The van der Waals surface area contributed by atoms with Gasteiger partial charge in [0.15, 0.2) is 11.5 Å². The molecule has 1 aliphatic heterocycles. The zero-order chi connectivity index (χ0) is 34.9. The highest BCUT2D eigenvalue weighted by molar-refractivity contribution is 6.09. The number of amides is 1. The van der Waals surface area contributed by atoms with E-state index in [1.807, 2.05) is 0 Å². The number of benzene rings is 1. The number of carbonyl (C=O) groups is 1. The Labute approximate surface area is 279 Å². The molecule has 1 amide bonds. The van der Waals surface area contributed by atoms with Crippen molar-refractivity contribution >= 4 is 17.2 Å². The molecule has 0 aliphatic carbocycles. The van der Waals surface area contributed by atoms with Gasteiger partial charge in [-0.15, -0.1) is 10.2 Å². The number of alkyl halides is 3. The van der Waals surface area contributed by atoms with Crippen molar-refractivity contribution < 1.29 is 27.4 Å². The summed E-state index contributed by atoms with van der Waals surface area (Å²) < 4.78 is 53.5. The van der Waals surface area contributed by atoms with Crippen molar-refractivity contribution in [2.75, 3.05) is 39.0 Å². The number of carbonyl (C=O) groups excluding carboxylic acids is 1. The Balaban J connectivity index is 1.26. The van der Waals surface area contributed by atoms with Gasteiger partial charge in [-0.2, -0.15) is 23.8 Å². The minimum absolute atomic E-state index is 0.0223. The fourth-order valence-electron chi connectivity index (χ4n) is 5.27. The molecule has 4 aromatic heterocycles. The summed E-state index contributed by atoms with van der Waals surface area (Å²) >= 11 is 0. The molecule has 0 radical (unpaired) electrons. The van der Waals surface area contributed by atoms with Crippen LogP contribution < -0.4 is 14.8 Å². The predicted octanol–water partition coefficient (Wildman–Crippen LogP) is 3.76. The maximum absolute atomic E-state index is 13.7. The summed E-state index contributed by atoms with van der Waals surface area (Å²) in [6, 6.07) is 5.56. The lowest BCUT2D eigenvalue weighted by Crippen LogP contribution is -2.51. The van der Waals surface area contributed by atoms with Gasteiger partial charge in [-0.3, -0.25) is 14.4 Å². The first-order valence-corrected chi connectivity index (χ1v) is 15.6. The monoisotopic (exact) mass is 682 g/mol. The average Bonchev–Trinajstić information content (AvgIpc) is 3.75. The van der Waals surface area contributed by atoms with E-state index in [0.717, 1.165) is 26.1 Å². The summed E-state index contributed by atoms with van der Waals surface area (Å²) in [5.41, 5.74) is 0.756. The summed E-state index contributed by atoms with van der Waals surface area (Å²) in [4.78, 5) is 23.8. The number of rotatable bonds is 14. The zero-order valence-corrected chi connectivity index (χ0v) is 27.7. The van der Waals surface area contributed by atoms with E-state index >= 15 is 0 Å². The highest BCUT2D eigenvalue weighted by atomic mass is 19.3. The first-order chi connectivity index (χ1) is 23.4. The lowest BCUT2D eigenvalue weighted by Gasteiger charge is -2.41. The molecule has 260 valence electrons. The Kier molecular flexibility index (Phi) is 9.51. The van der Waals surface area contributed by atoms with E-state index in [1.165, 1.54) is 52.9 Å². The number of nitrogens with zero attached hydrogens (tertiary/aromatic N) is 11. The highest BCUT2D eigenvalue weighted by Crippen LogP contribution is 2.38. The van der Waals surface area contributed by atoms with Crippen LogP contribution >= 0.6 is 0 Å². The number of hydrogen-bond donors (Lipinski definition) is 1. The van der Waals surface area contributed by atoms with E-state index in [1.54, 1.807) is 17.1 Å². The summed E-state index contributed by atoms with van der Waals surface area (Å²) in [7, 11) is 4.15. The minimum atomic E-state index is -3.17. The van der Waals surface area contributed by atoms with Crippen LogP contribution in [0.5, 0.6) is 11.5 Å². The maximum atomic E-state index is 13.7. The molecule has 1 unspecified atom stereocenters. The molecule has 5 heterocycles. The number of hydrogen-bond acceptors (Lipinski definition) is 11. The normalized spacial score (nSPS) is 14.8. The largest absolute Gasteiger partial charge is 0.461 e. The average molecular weight is 683 g/mol. The van der Waals surface area contributed by atoms with Crippen molar-refractivity contribution in [1.82, 2.24) is 54.4 Å². The van der Waals surface area contributed by atoms with Crippen LogP contribution in [0.4, 0.5) is 18.9 Å². The molecule has 6 rings (SSSR count). The molecular weight excluding hydrogens is 645 g/mol. The molecule has 5 aromatic rings. The minimum Gasteiger partial charge on any atom is -0.461 e. The fraction of sp³-hybridized carbons (Fsp3) is 0.452. The third kappa shape index (κ3) is 7.64. The molecule has 1 atom stereocenters. The number of halogens is 3. The van der Waals surface area contributed by atoms with Gasteiger partial charge >= 0.3 is 6.61 Å². The van der Waals surface area contributed by atoms with Crippen LogP contribution in [0.1, 0.15) is 49.4 Å². The standard InChI is InChI=1S/C31H37F3N12O3/c1-19(32)48-21-7-8-25(49-30(33)34)22(13-21)27-24(37-29(47)23-14-36-45-11-6-10-35-28(23)45)17-44(40-27)18-26-38-41-46(39-26)20-15-43(16-20)12-9-31(2,3)42(4)5/h6-8,10-11,13-14,17,19-20,30H,9,12,15-16,18H2,1-5H3,(H,37,47). The number of fused-ring (bicyclic) bond motifs is 1. The van der Waals surface area contributed by atoms with Gasteiger partial charge in [0, 0.05) is 50.7 Å². The molecule has 0 saturated carbocycles. The summed E-state index contributed by atoms with van der Waals surface area (Å²) in [5, 5.41) is 24.5. The fourth-order valence-corrected chi connectivity index (χ4v) is 5.27. The van der Waals surface area contributed by atoms with Crippen LogP contribution in [-0.4, -0.2) is 113 Å². The zero-order valence-electron chi connectivity index (χ0n) is 27.7. The van der Waals surface area contributed by atoms with Crippen LogP contribution in [0.15, 0.2) is 49.1 Å². The Morgan fingerprint density at radius 2 is 1.96 bits per heavy atom. The number of ether oxygens (including phenoxy) is 2. The first kappa shape index (κ1) is 33.8. The molecular formula is C31H37F3N12O3. The Morgan fingerprint density at radius 3 is 2.69 bits per heavy atom. The van der Waals surface area contributed by atoms with Crippen LogP contribution in [0.2, 0.25) is 0 Å². The maximum Gasteiger partial charge on any atom is 0.387 e. The SMILES string of the molecule is CC(F)Oc1ccc(OC(F)F)c(-c2nn(Cc3nnn(C4CN(CCC(C)(C)N(C)C)C4)n3)cc2NC(=O)c2cnn3cccnc23)c1. The van der Waals surface area contributed by atoms with Gasteiger partial charge in [-0.05, 0) is 63.8 Å². The van der Waals surface area contributed by atoms with Crippen molar-refractivity contribution in [3.8, 4) is 22.8 Å². The topological polar surface area (TPSA) is 146 Å². The number of nitrogens with one attached hydrogen (secondary N) is 1. The second-order valence-corrected chi connectivity index (χ2v) is 12.6. The lowest BCUT2D eigenvalue weighted by molar-refractivity contribution is -0.0495. The Morgan fingerprint density at radius 1 is 1.16 bits per heavy atom. The first-order valence-electron chi connectivity index (χ1n) is 15.6. The Hall–Kier alpha value is -5.10. The van der Waals surface area contributed by atoms with Gasteiger partial charge in [-0.1, -0.05) is 0 Å². The van der Waals surface area contributed by atoms with E-state index in [4.69, 9.17) is 9.47 Å². The second-order valence-electron chi connectivity index (χ2n) is 12.6. The summed E-state index contributed by atoms with van der Waals surface area (Å²) in [6.07, 6.45) is 5.36. The smallest absolute Gasteiger partial charge is 0.387 e. The van der Waals surface area contributed by atoms with Crippen molar-refractivity contribution in [1.29, 1.82) is 0 Å². The van der Waals surface area contributed by atoms with Gasteiger partial charge in [0.05, 0.1) is 23.5 Å². The van der Waals surface area contributed by atoms with E-state index < -0.39 is 18.9 Å². The molecule has 18 heteroatoms. The lowest BCUT2D eigenvalue weighted by atomic mass is 9.97. The second kappa shape index (κ2) is 13.8. The molecule has 1 saturated heterocycles. The molecule has 49 heavy (non-hydrogen) atoms. The summed E-state index contributed by atoms with van der Waals surface area (Å²) in [6.45, 7) is 5.02. The van der Waals surface area contributed by atoms with Gasteiger partial charge in [0.1, 0.15) is 29.3 Å². The van der Waals surface area contributed by atoms with Crippen molar-refractivity contribution in [3.05, 3.63) is 60.4 Å². The number of anilines is 1. The number of likely N-dealkylation sites (tertiary alicyclic amines) is 1. The van der Waals surface area contributed by atoms with Crippen LogP contribution in [-0.2, 0) is 6.54 Å². The van der Waals surface area contributed by atoms with Crippen molar-refractivity contribution in [2.45, 2.75) is 58.3 Å². The van der Waals surface area contributed by atoms with Gasteiger partial charge in [-0.25, -0.2) is 13.9 Å². The van der Waals surface area contributed by atoms with E-state index in [0.29, 0.717) is 11.5 Å². The van der Waals surface area contributed by atoms with Gasteiger partial charge in [0.25, 0.3) is 5.91 Å². The molecule has 1 fully saturated rings. The third-order valence-electron chi connectivity index (χ3n) is 8.54. The van der Waals surface area contributed by atoms with Gasteiger partial charge < -0.3 is 19.7 Å². The Bertz CT molecular complexity index is 1920. The van der Waals surface area contributed by atoms with Gasteiger partial charge in [0.2, 0.25) is 6.36 Å². The molecule has 15 nitrogen and oxygen atoms in total. The summed E-state index contributed by atoms with van der Waals surface area (Å²) in [5.74, 6) is -0.462. The van der Waals surface area contributed by atoms with E-state index in [-0.39, 0.29) is 52.1 Å². The molecule has 1 aliphatic rings.